The first-order chi connectivity index (χ1) is 8.42. The lowest BCUT2D eigenvalue weighted by Gasteiger charge is -2.37. The van der Waals surface area contributed by atoms with Crippen molar-refractivity contribution >= 4 is 0 Å². The Hall–Kier alpha value is -0.0800. The first-order valence-electron chi connectivity index (χ1n) is 7.93. The third kappa shape index (κ3) is 1.76. The monoisotopic (exact) mass is 234 g/mol. The molecule has 0 spiro atoms. The molecule has 0 amide bonds. The number of nitrogens with one attached hydrogen (secondary N) is 1. The van der Waals surface area contributed by atoms with Crippen LogP contribution in [0.2, 0.25) is 0 Å². The van der Waals surface area contributed by atoms with Crippen LogP contribution in [0.15, 0.2) is 0 Å². The third-order valence-corrected chi connectivity index (χ3v) is 6.13. The molecule has 4 fully saturated rings. The van der Waals surface area contributed by atoms with Gasteiger partial charge >= 0.3 is 0 Å². The van der Waals surface area contributed by atoms with E-state index in [1.54, 1.807) is 19.3 Å². The molecule has 0 aromatic rings. The van der Waals surface area contributed by atoms with Crippen LogP contribution in [0, 0.1) is 23.7 Å². The smallest absolute Gasteiger partial charge is 0.0249 e. The van der Waals surface area contributed by atoms with Crippen LogP contribution in [0.25, 0.3) is 0 Å². The minimum atomic E-state index is 0.845. The zero-order valence-corrected chi connectivity index (χ0v) is 10.9. The summed E-state index contributed by atoms with van der Waals surface area (Å²) in [4.78, 5) is 0. The summed E-state index contributed by atoms with van der Waals surface area (Å²) in [5.74, 6) is 4.37. The van der Waals surface area contributed by atoms with E-state index in [-0.39, 0.29) is 0 Å². The summed E-state index contributed by atoms with van der Waals surface area (Å²) in [6, 6.07) is 0.845. The van der Waals surface area contributed by atoms with Gasteiger partial charge in [-0.3, -0.25) is 5.43 Å². The molecular weight excluding hydrogens is 208 g/mol. The minimum Gasteiger partial charge on any atom is -0.252 e. The van der Waals surface area contributed by atoms with Crippen molar-refractivity contribution < 1.29 is 0 Å². The number of hydrogen-bond donors (Lipinski definition) is 1. The van der Waals surface area contributed by atoms with Crippen molar-refractivity contribution in [3.05, 3.63) is 0 Å². The fraction of sp³-hybridized carbons (Fsp3) is 1.00. The van der Waals surface area contributed by atoms with Crippen LogP contribution in [0.1, 0.15) is 51.4 Å². The van der Waals surface area contributed by atoms with E-state index < -0.39 is 0 Å². The van der Waals surface area contributed by atoms with Crippen LogP contribution in [-0.4, -0.2) is 24.1 Å². The van der Waals surface area contributed by atoms with Crippen molar-refractivity contribution in [3.63, 3.8) is 0 Å². The summed E-state index contributed by atoms with van der Waals surface area (Å²) in [5.41, 5.74) is 3.90. The molecule has 5 atom stereocenters. The van der Waals surface area contributed by atoms with Gasteiger partial charge in [0, 0.05) is 19.1 Å². The van der Waals surface area contributed by atoms with E-state index >= 15 is 0 Å². The van der Waals surface area contributed by atoms with Gasteiger partial charge in [-0.1, -0.05) is 12.8 Å². The first-order valence-corrected chi connectivity index (χ1v) is 7.93. The number of nitrogens with zero attached hydrogens (tertiary/aromatic N) is 1. The van der Waals surface area contributed by atoms with Gasteiger partial charge in [0.05, 0.1) is 0 Å². The van der Waals surface area contributed by atoms with E-state index in [0.29, 0.717) is 0 Å². The van der Waals surface area contributed by atoms with Crippen molar-refractivity contribution in [1.29, 1.82) is 0 Å². The molecule has 96 valence electrons. The topological polar surface area (TPSA) is 15.3 Å². The summed E-state index contributed by atoms with van der Waals surface area (Å²) < 4.78 is 0. The lowest BCUT2D eigenvalue weighted by Crippen LogP contribution is -2.50. The molecule has 0 aromatic carbocycles. The lowest BCUT2D eigenvalue weighted by atomic mass is 9.79. The van der Waals surface area contributed by atoms with Crippen molar-refractivity contribution in [2.24, 2.45) is 23.7 Å². The van der Waals surface area contributed by atoms with E-state index in [9.17, 15) is 0 Å². The minimum absolute atomic E-state index is 0.845. The molecule has 17 heavy (non-hydrogen) atoms. The van der Waals surface area contributed by atoms with Gasteiger partial charge in [0.15, 0.2) is 0 Å². The molecule has 1 saturated heterocycles. The molecule has 4 rings (SSSR count). The average Bonchev–Trinajstić information content (AvgIpc) is 3.01. The summed E-state index contributed by atoms with van der Waals surface area (Å²) in [5, 5.41) is 2.54. The van der Waals surface area contributed by atoms with E-state index in [4.69, 9.17) is 0 Å². The number of fused-ring (bicyclic) bond motifs is 5. The molecule has 0 radical (unpaired) electrons. The predicted octanol–water partition coefficient (Wildman–Crippen LogP) is 2.80. The second-order valence-corrected chi connectivity index (χ2v) is 6.94. The van der Waals surface area contributed by atoms with Crippen LogP contribution in [0.5, 0.6) is 0 Å². The molecule has 1 N–H and O–H groups in total. The molecular formula is C15H26N2. The standard InChI is InChI=1S/C15H26N2/c1-2-7-17(8-3-1)16-15-10-11-9-14(15)13-6-4-5-12(11)13/h11-16H,1-10H2. The molecule has 3 saturated carbocycles. The maximum atomic E-state index is 3.90. The molecule has 1 aliphatic heterocycles. The van der Waals surface area contributed by atoms with Gasteiger partial charge in [0.25, 0.3) is 0 Å². The van der Waals surface area contributed by atoms with Gasteiger partial charge in [-0.2, -0.15) is 0 Å². The van der Waals surface area contributed by atoms with Crippen LogP contribution >= 0.6 is 0 Å². The molecule has 0 aromatic heterocycles. The third-order valence-electron chi connectivity index (χ3n) is 6.13. The highest BCUT2D eigenvalue weighted by molar-refractivity contribution is 5.05. The van der Waals surface area contributed by atoms with E-state index in [0.717, 1.165) is 29.7 Å². The van der Waals surface area contributed by atoms with Gasteiger partial charge in [0.2, 0.25) is 0 Å². The largest absolute Gasteiger partial charge is 0.252 e. The maximum absolute atomic E-state index is 3.90. The predicted molar refractivity (Wildman–Crippen MR) is 69.4 cm³/mol. The first kappa shape index (κ1) is 10.8. The molecule has 2 bridgehead atoms. The van der Waals surface area contributed by atoms with Crippen molar-refractivity contribution in [2.45, 2.75) is 57.4 Å². The highest BCUT2D eigenvalue weighted by Crippen LogP contribution is 2.58. The van der Waals surface area contributed by atoms with Crippen LogP contribution in [0.3, 0.4) is 0 Å². The Morgan fingerprint density at radius 1 is 0.765 bits per heavy atom. The van der Waals surface area contributed by atoms with E-state index in [1.807, 2.05) is 0 Å². The van der Waals surface area contributed by atoms with Gasteiger partial charge in [-0.15, -0.1) is 0 Å². The average molecular weight is 234 g/mol. The quantitative estimate of drug-likeness (QED) is 0.790. The molecule has 5 unspecified atom stereocenters. The molecule has 2 nitrogen and oxygen atoms in total. The Morgan fingerprint density at radius 3 is 2.47 bits per heavy atom. The summed E-state index contributed by atoms with van der Waals surface area (Å²) in [6.45, 7) is 2.59. The number of rotatable bonds is 2. The summed E-state index contributed by atoms with van der Waals surface area (Å²) in [7, 11) is 0. The van der Waals surface area contributed by atoms with Crippen molar-refractivity contribution in [1.82, 2.24) is 10.4 Å². The second-order valence-electron chi connectivity index (χ2n) is 6.94. The molecule has 2 heteroatoms. The molecule has 3 aliphatic carbocycles. The van der Waals surface area contributed by atoms with Crippen LogP contribution < -0.4 is 5.43 Å². The van der Waals surface area contributed by atoms with E-state index in [2.05, 4.69) is 10.4 Å². The van der Waals surface area contributed by atoms with Gasteiger partial charge < -0.3 is 0 Å². The van der Waals surface area contributed by atoms with Crippen molar-refractivity contribution in [2.75, 3.05) is 13.1 Å². The Morgan fingerprint density at radius 2 is 1.59 bits per heavy atom. The zero-order chi connectivity index (χ0) is 11.2. The van der Waals surface area contributed by atoms with E-state index in [1.165, 1.54) is 45.2 Å². The van der Waals surface area contributed by atoms with Crippen LogP contribution in [0.4, 0.5) is 0 Å². The number of hydrazine groups is 1. The second kappa shape index (κ2) is 4.24. The highest BCUT2D eigenvalue weighted by Gasteiger charge is 2.53. The zero-order valence-electron chi connectivity index (χ0n) is 10.9. The number of hydrogen-bond acceptors (Lipinski definition) is 2. The van der Waals surface area contributed by atoms with Gasteiger partial charge in [0.1, 0.15) is 0 Å². The highest BCUT2D eigenvalue weighted by atomic mass is 15.5. The Bertz CT molecular complexity index is 285. The van der Waals surface area contributed by atoms with Gasteiger partial charge in [-0.25, -0.2) is 5.01 Å². The van der Waals surface area contributed by atoms with Crippen LogP contribution in [-0.2, 0) is 0 Å². The number of piperidine rings is 1. The van der Waals surface area contributed by atoms with Crippen molar-refractivity contribution in [3.8, 4) is 0 Å². The molecule has 4 aliphatic rings. The Kier molecular flexibility index (Phi) is 2.69. The SMILES string of the molecule is C1CCN(NC2CC3CC2C2CCCC32)CC1. The fourth-order valence-corrected chi connectivity index (χ4v) is 5.47. The summed E-state index contributed by atoms with van der Waals surface area (Å²) >= 11 is 0. The summed E-state index contributed by atoms with van der Waals surface area (Å²) in [6.07, 6.45) is 11.9. The lowest BCUT2D eigenvalue weighted by molar-refractivity contribution is 0.0849. The van der Waals surface area contributed by atoms with Gasteiger partial charge in [-0.05, 0) is 62.2 Å². The maximum Gasteiger partial charge on any atom is 0.0249 e. The molecule has 1 heterocycles. The Balaban J connectivity index is 1.40. The Labute approximate surface area is 105 Å². The fourth-order valence-electron chi connectivity index (χ4n) is 5.47. The normalized spacial score (nSPS) is 49.8.